The molecule has 1 aliphatic heterocycles. The lowest BCUT2D eigenvalue weighted by Crippen LogP contribution is -2.59. The number of carbonyl (C=O) groups excluding carboxylic acids is 7. The Morgan fingerprint density at radius 3 is 1.94 bits per heavy atom. The molecule has 1 aliphatic rings. The molecule has 0 unspecified atom stereocenters. The lowest BCUT2D eigenvalue weighted by molar-refractivity contribution is -0.143. The van der Waals surface area contributed by atoms with Gasteiger partial charge in [-0.1, -0.05) is 50.6 Å². The van der Waals surface area contributed by atoms with Gasteiger partial charge in [0.2, 0.25) is 41.4 Å². The highest BCUT2D eigenvalue weighted by molar-refractivity contribution is 7.80. The first-order valence-corrected chi connectivity index (χ1v) is 21.8. The average molecular weight is 919 g/mol. The zero-order valence-corrected chi connectivity index (χ0v) is 37.5. The maximum Gasteiger partial charge on any atom is 0.326 e. The van der Waals surface area contributed by atoms with Crippen molar-refractivity contribution >= 4 is 71.9 Å². The third-order valence-electron chi connectivity index (χ3n) is 10.4. The maximum atomic E-state index is 13.7. The summed E-state index contributed by atoms with van der Waals surface area (Å²) in [5.74, 6) is -7.00. The van der Waals surface area contributed by atoms with Crippen molar-refractivity contribution in [3.8, 4) is 0 Å². The van der Waals surface area contributed by atoms with E-state index in [-0.39, 0.29) is 69.4 Å². The molecule has 1 heterocycles. The Bertz CT molecular complexity index is 1810. The minimum absolute atomic E-state index is 0.00787. The number of rotatable bonds is 27. The molecule has 0 spiro atoms. The number of benzene rings is 1. The summed E-state index contributed by atoms with van der Waals surface area (Å²) in [7, 11) is 0. The Hall–Kier alpha value is -6.17. The molecule has 24 heteroatoms. The van der Waals surface area contributed by atoms with E-state index in [4.69, 9.17) is 28.7 Å². The highest BCUT2D eigenvalue weighted by atomic mass is 32.1. The van der Waals surface area contributed by atoms with E-state index in [1.165, 1.54) is 11.8 Å². The van der Waals surface area contributed by atoms with Crippen molar-refractivity contribution in [2.24, 2.45) is 44.6 Å². The molecule has 1 saturated heterocycles. The number of guanidine groups is 2. The second kappa shape index (κ2) is 27.8. The largest absolute Gasteiger partial charge is 0.480 e. The van der Waals surface area contributed by atoms with Crippen molar-refractivity contribution in [1.82, 2.24) is 36.8 Å². The molecule has 0 radical (unpaired) electrons. The first-order chi connectivity index (χ1) is 30.3. The van der Waals surface area contributed by atoms with Crippen LogP contribution in [0.4, 0.5) is 0 Å². The first kappa shape index (κ1) is 54.0. The van der Waals surface area contributed by atoms with Gasteiger partial charge in [0.05, 0.1) is 12.6 Å². The van der Waals surface area contributed by atoms with Gasteiger partial charge < -0.3 is 70.6 Å². The van der Waals surface area contributed by atoms with Crippen molar-refractivity contribution in [1.29, 1.82) is 0 Å². The fraction of sp³-hybridized carbons (Fsp3) is 0.600. The molecule has 0 bridgehead atoms. The van der Waals surface area contributed by atoms with Gasteiger partial charge in [0.15, 0.2) is 11.9 Å². The van der Waals surface area contributed by atoms with E-state index in [0.29, 0.717) is 24.8 Å². The molecule has 8 atom stereocenters. The molecule has 23 nitrogen and oxygen atoms in total. The number of aliphatic imine (C=N–C) groups is 2. The number of nitrogens with zero attached hydrogens (tertiary/aromatic N) is 3. The predicted octanol–water partition coefficient (Wildman–Crippen LogP) is -3.72. The molecule has 64 heavy (non-hydrogen) atoms. The highest BCUT2D eigenvalue weighted by Gasteiger charge is 2.37. The molecule has 0 aliphatic carbocycles. The van der Waals surface area contributed by atoms with Crippen molar-refractivity contribution in [2.75, 3.05) is 31.9 Å². The number of carboxylic acid groups (broad SMARTS) is 1. The summed E-state index contributed by atoms with van der Waals surface area (Å²) in [5, 5.41) is 25.2. The number of carbonyl (C=O) groups is 8. The summed E-state index contributed by atoms with van der Waals surface area (Å²) in [4.78, 5) is 115. The Labute approximate surface area is 378 Å². The van der Waals surface area contributed by atoms with Crippen LogP contribution in [-0.2, 0) is 44.8 Å². The Kier molecular flexibility index (Phi) is 23.4. The summed E-state index contributed by atoms with van der Waals surface area (Å²) in [6.45, 7) is 5.00. The topological polar surface area (TPSA) is 387 Å². The van der Waals surface area contributed by atoms with Crippen molar-refractivity contribution < 1.29 is 43.5 Å². The van der Waals surface area contributed by atoms with Crippen LogP contribution in [0.5, 0.6) is 0 Å². The molecule has 7 amide bonds. The van der Waals surface area contributed by atoms with Crippen molar-refractivity contribution in [2.45, 2.75) is 114 Å². The number of thiol groups is 1. The molecule has 356 valence electrons. The predicted molar refractivity (Wildman–Crippen MR) is 242 cm³/mol. The van der Waals surface area contributed by atoms with Gasteiger partial charge in [-0.2, -0.15) is 12.6 Å². The van der Waals surface area contributed by atoms with Crippen LogP contribution in [0.2, 0.25) is 0 Å². The Morgan fingerprint density at radius 2 is 1.36 bits per heavy atom. The van der Waals surface area contributed by atoms with Crippen LogP contribution in [0, 0.1) is 5.92 Å². The number of aliphatic carboxylic acids is 1. The zero-order valence-electron chi connectivity index (χ0n) is 36.6. The average Bonchev–Trinajstić information content (AvgIpc) is 3.76. The van der Waals surface area contributed by atoms with Crippen LogP contribution in [0.25, 0.3) is 0 Å². The lowest BCUT2D eigenvalue weighted by atomic mass is 9.98. The summed E-state index contributed by atoms with van der Waals surface area (Å²) in [6, 6.07) is 0.590. The van der Waals surface area contributed by atoms with Gasteiger partial charge in [-0.15, -0.1) is 0 Å². The van der Waals surface area contributed by atoms with Gasteiger partial charge >= 0.3 is 5.97 Å². The molecule has 2 rings (SSSR count). The SMILES string of the molecule is CC[C@H](C)[C@H](NC(=O)[C@H](Cc1ccccc1)NC(=O)[C@H](C)NC(=O)[C@H](CCCN=C(N)N)NC(=O)[C@H](CS)NC(=O)[C@@H]1CCCN1C(=O)CNC(=O)[C@H](N)CCCN=C(N)N)C(=O)O. The first-order valence-electron chi connectivity index (χ1n) is 21.1. The number of amides is 7. The van der Waals surface area contributed by atoms with Crippen LogP contribution in [0.15, 0.2) is 40.3 Å². The summed E-state index contributed by atoms with van der Waals surface area (Å²) >= 11 is 4.25. The Morgan fingerprint density at radius 1 is 0.781 bits per heavy atom. The van der Waals surface area contributed by atoms with Crippen molar-refractivity contribution in [3.05, 3.63) is 35.9 Å². The number of carboxylic acids is 1. The van der Waals surface area contributed by atoms with Crippen LogP contribution in [0.3, 0.4) is 0 Å². The maximum absolute atomic E-state index is 13.7. The van der Waals surface area contributed by atoms with Gasteiger partial charge in [0.1, 0.15) is 36.3 Å². The van der Waals surface area contributed by atoms with E-state index in [0.717, 1.165) is 0 Å². The molecule has 1 aromatic carbocycles. The van der Waals surface area contributed by atoms with Gasteiger partial charge in [-0.25, -0.2) is 4.79 Å². The van der Waals surface area contributed by atoms with E-state index in [1.807, 2.05) is 0 Å². The van der Waals surface area contributed by atoms with E-state index in [2.05, 4.69) is 54.5 Å². The van der Waals surface area contributed by atoms with E-state index >= 15 is 0 Å². The van der Waals surface area contributed by atoms with Crippen LogP contribution in [0.1, 0.15) is 71.3 Å². The van der Waals surface area contributed by atoms with Crippen LogP contribution < -0.4 is 60.6 Å². The summed E-state index contributed by atoms with van der Waals surface area (Å²) < 4.78 is 0. The summed E-state index contributed by atoms with van der Waals surface area (Å²) in [5.41, 5.74) is 28.1. The summed E-state index contributed by atoms with van der Waals surface area (Å²) in [6.07, 6.45) is 2.10. The molecule has 0 aromatic heterocycles. The number of hydrogen-bond donors (Lipinski definition) is 13. The number of likely N-dealkylation sites (tertiary alicyclic amines) is 1. The van der Waals surface area contributed by atoms with E-state index < -0.39 is 102 Å². The Balaban J connectivity index is 2.15. The number of nitrogens with two attached hydrogens (primary N) is 5. The minimum atomic E-state index is -1.28. The fourth-order valence-electron chi connectivity index (χ4n) is 6.56. The normalized spacial score (nSPS) is 16.5. The standard InChI is InChI=1S/C40H66N14O9S/c1-4-22(2)31(38(62)63)53-35(59)27(19-24-11-6-5-7-12-24)51-32(56)23(3)49-34(58)26(14-9-17-47-40(44)45)50-36(60)28(21-64)52-37(61)29-15-10-18-54(29)30(55)20-48-33(57)25(41)13-8-16-46-39(42)43/h5-7,11-12,22-23,25-29,31,64H,4,8-10,13-21,41H2,1-3H3,(H,48,57)(H,49,58)(H,50,60)(H,51,56)(H,52,61)(H,53,59)(H,62,63)(H4,42,43,46)(H4,44,45,47)/t22-,23-,25+,26-,27-,28-,29-,31-/m0/s1. The van der Waals surface area contributed by atoms with Gasteiger partial charge in [0, 0.05) is 31.8 Å². The number of nitrogens with one attached hydrogen (secondary N) is 6. The third-order valence-corrected chi connectivity index (χ3v) is 10.8. The van der Waals surface area contributed by atoms with Gasteiger partial charge in [0.25, 0.3) is 0 Å². The molecule has 1 aromatic rings. The van der Waals surface area contributed by atoms with Crippen LogP contribution in [-0.4, -0.2) is 143 Å². The van der Waals surface area contributed by atoms with Gasteiger partial charge in [-0.05, 0) is 56.9 Å². The highest BCUT2D eigenvalue weighted by Crippen LogP contribution is 2.18. The van der Waals surface area contributed by atoms with E-state index in [1.54, 1.807) is 44.2 Å². The van der Waals surface area contributed by atoms with Crippen molar-refractivity contribution in [3.63, 3.8) is 0 Å². The molecule has 17 N–H and O–H groups in total. The molecule has 1 fully saturated rings. The monoisotopic (exact) mass is 918 g/mol. The van der Waals surface area contributed by atoms with Gasteiger partial charge in [-0.3, -0.25) is 43.5 Å². The van der Waals surface area contributed by atoms with Crippen LogP contribution >= 0.6 is 12.6 Å². The lowest BCUT2D eigenvalue weighted by Gasteiger charge is -2.28. The fourth-order valence-corrected chi connectivity index (χ4v) is 6.82. The second-order valence-corrected chi connectivity index (χ2v) is 15.8. The third kappa shape index (κ3) is 18.7. The molecular weight excluding hydrogens is 853 g/mol. The number of hydrogen-bond acceptors (Lipinski definition) is 12. The smallest absolute Gasteiger partial charge is 0.326 e. The molecule has 0 saturated carbocycles. The second-order valence-electron chi connectivity index (χ2n) is 15.5. The quantitative estimate of drug-likeness (QED) is 0.0175. The molecular formula is C40H66N14O9S. The van der Waals surface area contributed by atoms with E-state index in [9.17, 15) is 43.5 Å². The minimum Gasteiger partial charge on any atom is -0.480 e. The zero-order chi connectivity index (χ0) is 47.9.